The maximum atomic E-state index is 13.0. The number of hydrogen-bond acceptors (Lipinski definition) is 8. The number of benzene rings is 1. The average molecular weight is 679 g/mol. The molecule has 19 heteroatoms. The largest absolute Gasteiger partial charge is 0.497 e. The number of halogens is 6. The highest BCUT2D eigenvalue weighted by Gasteiger charge is 2.47. The monoisotopic (exact) mass is 678 g/mol. The number of carbonyl (C=O) groups excluding carboxylic acids is 1. The van der Waals surface area contributed by atoms with Crippen molar-refractivity contribution in [1.82, 2.24) is 29.5 Å². The molecule has 47 heavy (non-hydrogen) atoms. The van der Waals surface area contributed by atoms with Gasteiger partial charge in [-0.3, -0.25) is 14.4 Å². The molecule has 2 aromatic heterocycles. The SMILES string of the molecule is COc1ccc(CNC(=O)C2Cn3ccnc3C3(CCN(Cc4cnn(C)c4)CC3)O2)cc1.O=C(O)C(F)(F)F.O=C(O)C(F)(F)F. The van der Waals surface area contributed by atoms with Crippen LogP contribution < -0.4 is 10.1 Å². The summed E-state index contributed by atoms with van der Waals surface area (Å²) in [5, 5.41) is 21.6. The number of piperidine rings is 1. The zero-order valence-corrected chi connectivity index (χ0v) is 25.1. The van der Waals surface area contributed by atoms with E-state index in [1.165, 1.54) is 5.56 Å². The molecule has 1 saturated heterocycles. The Morgan fingerprint density at radius 1 is 1.02 bits per heavy atom. The first-order valence-corrected chi connectivity index (χ1v) is 13.8. The van der Waals surface area contributed by atoms with Crippen molar-refractivity contribution < 1.29 is 60.4 Å². The lowest BCUT2D eigenvalue weighted by Gasteiger charge is -2.45. The number of aliphatic carboxylic acids is 2. The second-order valence-electron chi connectivity index (χ2n) is 10.5. The van der Waals surface area contributed by atoms with Gasteiger partial charge in [0.2, 0.25) is 0 Å². The number of aryl methyl sites for hydroxylation is 1. The van der Waals surface area contributed by atoms with E-state index in [0.29, 0.717) is 13.1 Å². The number of carbonyl (C=O) groups is 3. The van der Waals surface area contributed by atoms with Crippen LogP contribution in [0.2, 0.25) is 0 Å². The Morgan fingerprint density at radius 2 is 1.60 bits per heavy atom. The zero-order chi connectivity index (χ0) is 35.0. The van der Waals surface area contributed by atoms with Crippen molar-refractivity contribution in [3.8, 4) is 5.75 Å². The zero-order valence-electron chi connectivity index (χ0n) is 25.1. The highest BCUT2D eigenvalue weighted by atomic mass is 19.4. The summed E-state index contributed by atoms with van der Waals surface area (Å²) >= 11 is 0. The topological polar surface area (TPSA) is 161 Å². The van der Waals surface area contributed by atoms with Crippen LogP contribution >= 0.6 is 0 Å². The fourth-order valence-electron chi connectivity index (χ4n) is 4.81. The minimum atomic E-state index is -5.08. The van der Waals surface area contributed by atoms with E-state index < -0.39 is 36.0 Å². The van der Waals surface area contributed by atoms with Crippen molar-refractivity contribution in [3.05, 3.63) is 66.0 Å². The maximum Gasteiger partial charge on any atom is 0.490 e. The van der Waals surface area contributed by atoms with Crippen molar-refractivity contribution in [1.29, 1.82) is 0 Å². The third kappa shape index (κ3) is 10.4. The van der Waals surface area contributed by atoms with Crippen LogP contribution in [0.25, 0.3) is 0 Å². The first kappa shape index (κ1) is 36.8. The molecule has 13 nitrogen and oxygen atoms in total. The number of alkyl halides is 6. The fourth-order valence-corrected chi connectivity index (χ4v) is 4.81. The van der Waals surface area contributed by atoms with Crippen molar-refractivity contribution in [2.24, 2.45) is 7.05 Å². The number of imidazole rings is 1. The molecule has 0 saturated carbocycles. The van der Waals surface area contributed by atoms with E-state index in [0.717, 1.165) is 49.6 Å². The summed E-state index contributed by atoms with van der Waals surface area (Å²) in [7, 11) is 3.57. The van der Waals surface area contributed by atoms with Crippen LogP contribution in [-0.4, -0.2) is 90.9 Å². The Hall–Kier alpha value is -4.65. The number of nitrogens with zero attached hydrogens (tertiary/aromatic N) is 5. The third-order valence-corrected chi connectivity index (χ3v) is 7.08. The number of amides is 1. The second kappa shape index (κ2) is 15.3. The first-order valence-electron chi connectivity index (χ1n) is 13.8. The maximum absolute atomic E-state index is 13.0. The van der Waals surface area contributed by atoms with E-state index in [4.69, 9.17) is 29.3 Å². The molecule has 2 aliphatic heterocycles. The molecule has 1 spiro atoms. The van der Waals surface area contributed by atoms with Crippen molar-refractivity contribution >= 4 is 17.8 Å². The van der Waals surface area contributed by atoms with Crippen LogP contribution in [0.5, 0.6) is 5.75 Å². The minimum Gasteiger partial charge on any atom is -0.497 e. The molecule has 0 bridgehead atoms. The van der Waals surface area contributed by atoms with Gasteiger partial charge in [0, 0.05) is 57.4 Å². The summed E-state index contributed by atoms with van der Waals surface area (Å²) in [6, 6.07) is 7.69. The number of fused-ring (bicyclic) bond motifs is 2. The van der Waals surface area contributed by atoms with Crippen molar-refractivity contribution in [3.63, 3.8) is 0 Å². The average Bonchev–Trinajstić information content (AvgIpc) is 3.66. The van der Waals surface area contributed by atoms with Crippen molar-refractivity contribution in [2.45, 2.75) is 56.5 Å². The van der Waals surface area contributed by atoms with Gasteiger partial charge in [0.25, 0.3) is 5.91 Å². The molecule has 0 radical (unpaired) electrons. The Morgan fingerprint density at radius 3 is 2.09 bits per heavy atom. The number of hydrogen-bond donors (Lipinski definition) is 3. The minimum absolute atomic E-state index is 0.0951. The van der Waals surface area contributed by atoms with Crippen LogP contribution in [0, 0.1) is 0 Å². The first-order chi connectivity index (χ1) is 21.9. The Balaban J connectivity index is 0.000000360. The van der Waals surface area contributed by atoms with E-state index >= 15 is 0 Å². The summed E-state index contributed by atoms with van der Waals surface area (Å²) in [4.78, 5) is 37.9. The molecule has 1 unspecified atom stereocenters. The molecule has 1 amide bonds. The molecule has 4 heterocycles. The highest BCUT2D eigenvalue weighted by Crippen LogP contribution is 2.40. The van der Waals surface area contributed by atoms with E-state index in [-0.39, 0.29) is 5.91 Å². The Bertz CT molecular complexity index is 1470. The molecule has 3 N–H and O–H groups in total. The number of likely N-dealkylation sites (tertiary alicyclic amines) is 1. The van der Waals surface area contributed by atoms with E-state index in [2.05, 4.69) is 31.1 Å². The predicted octanol–water partition coefficient (Wildman–Crippen LogP) is 3.10. The normalized spacial score (nSPS) is 17.3. The summed E-state index contributed by atoms with van der Waals surface area (Å²) in [5.74, 6) is -3.88. The van der Waals surface area contributed by atoms with Gasteiger partial charge in [-0.05, 0) is 30.5 Å². The summed E-state index contributed by atoms with van der Waals surface area (Å²) in [5.41, 5.74) is 1.69. The quantitative estimate of drug-likeness (QED) is 0.331. The number of aromatic nitrogens is 4. The number of rotatable bonds is 6. The molecular weight excluding hydrogens is 646 g/mol. The van der Waals surface area contributed by atoms with Gasteiger partial charge in [0.1, 0.15) is 17.2 Å². The molecule has 1 fully saturated rings. The molecule has 1 aromatic carbocycles. The molecular formula is C28H32F6N6O7. The van der Waals surface area contributed by atoms with Gasteiger partial charge in [-0.1, -0.05) is 12.1 Å². The Kier molecular flexibility index (Phi) is 12.0. The van der Waals surface area contributed by atoms with Gasteiger partial charge in [-0.15, -0.1) is 0 Å². The van der Waals surface area contributed by atoms with Gasteiger partial charge < -0.3 is 29.6 Å². The molecule has 3 aromatic rings. The van der Waals surface area contributed by atoms with E-state index in [1.54, 1.807) is 13.3 Å². The second-order valence-corrected chi connectivity index (χ2v) is 10.5. The van der Waals surface area contributed by atoms with E-state index in [9.17, 15) is 31.1 Å². The number of carboxylic acid groups (broad SMARTS) is 2. The van der Waals surface area contributed by atoms with Crippen LogP contribution in [-0.2, 0) is 51.4 Å². The van der Waals surface area contributed by atoms with Gasteiger partial charge in [-0.2, -0.15) is 31.4 Å². The number of ether oxygens (including phenoxy) is 2. The molecule has 2 aliphatic rings. The van der Waals surface area contributed by atoms with Crippen LogP contribution in [0.4, 0.5) is 26.3 Å². The number of nitrogens with one attached hydrogen (secondary N) is 1. The lowest BCUT2D eigenvalue weighted by molar-refractivity contribution is -0.193. The number of methoxy groups -OCH3 is 1. The number of carboxylic acids is 2. The van der Waals surface area contributed by atoms with Crippen LogP contribution in [0.3, 0.4) is 0 Å². The lowest BCUT2D eigenvalue weighted by atomic mass is 9.88. The summed E-state index contributed by atoms with van der Waals surface area (Å²) in [6.07, 6.45) is -1.39. The van der Waals surface area contributed by atoms with Gasteiger partial charge in [0.15, 0.2) is 6.10 Å². The molecule has 5 rings (SSSR count). The smallest absolute Gasteiger partial charge is 0.490 e. The summed E-state index contributed by atoms with van der Waals surface area (Å²) < 4.78 is 79.1. The van der Waals surface area contributed by atoms with Gasteiger partial charge in [0.05, 0.1) is 19.9 Å². The standard InChI is InChI=1S/C24H30N6O3.2C2HF3O2/c1-28-15-19(14-27-28)16-29-10-7-24(8-11-29)23-25-9-12-30(23)17-21(33-24)22(31)26-13-18-3-5-20(32-2)6-4-18;2*3-2(4,5)1(6)7/h3-6,9,12,14-15,21H,7-8,10-11,13,16-17H2,1-2H3,(H,26,31);2*(H,6,7). The Labute approximate surface area is 263 Å². The third-order valence-electron chi connectivity index (χ3n) is 7.08. The molecule has 1 atom stereocenters. The van der Waals surface area contributed by atoms with E-state index in [1.807, 2.05) is 48.4 Å². The highest BCUT2D eigenvalue weighted by molar-refractivity contribution is 5.81. The van der Waals surface area contributed by atoms with Gasteiger partial charge in [-0.25, -0.2) is 14.6 Å². The molecule has 258 valence electrons. The predicted molar refractivity (Wildman–Crippen MR) is 149 cm³/mol. The molecule has 0 aliphatic carbocycles. The summed E-state index contributed by atoms with van der Waals surface area (Å²) in [6.45, 7) is 3.55. The lowest BCUT2D eigenvalue weighted by Crippen LogP contribution is -2.53. The fraction of sp³-hybridized carbons (Fsp3) is 0.464. The van der Waals surface area contributed by atoms with Crippen LogP contribution in [0.1, 0.15) is 29.8 Å². The van der Waals surface area contributed by atoms with Crippen molar-refractivity contribution in [2.75, 3.05) is 20.2 Å². The van der Waals surface area contributed by atoms with Crippen LogP contribution in [0.15, 0.2) is 49.1 Å². The van der Waals surface area contributed by atoms with Gasteiger partial charge >= 0.3 is 24.3 Å².